The molecule has 0 aliphatic heterocycles. The molecule has 1 aliphatic carbocycles. The fourth-order valence-electron chi connectivity index (χ4n) is 3.11. The van der Waals surface area contributed by atoms with Gasteiger partial charge in [-0.25, -0.2) is 0 Å². The average molecular weight is 278 g/mol. The van der Waals surface area contributed by atoms with Crippen LogP contribution in [0, 0.1) is 5.92 Å². The van der Waals surface area contributed by atoms with Crippen LogP contribution in [0.3, 0.4) is 0 Å². The zero-order valence-electron chi connectivity index (χ0n) is 12.6. The zero-order chi connectivity index (χ0) is 14.4. The summed E-state index contributed by atoms with van der Waals surface area (Å²) in [6, 6.07) is 5.90. The van der Waals surface area contributed by atoms with E-state index in [2.05, 4.69) is 0 Å². The Morgan fingerprint density at radius 3 is 2.30 bits per heavy atom. The number of hydrogen-bond acceptors (Lipinski definition) is 3. The summed E-state index contributed by atoms with van der Waals surface area (Å²) in [6.07, 6.45) is 7.93. The number of aliphatic hydroxyl groups excluding tert-OH is 1. The molecule has 0 saturated heterocycles. The van der Waals surface area contributed by atoms with Crippen LogP contribution >= 0.6 is 0 Å². The molecule has 3 nitrogen and oxygen atoms in total. The number of methoxy groups -OCH3 is 2. The molecule has 1 atom stereocenters. The molecule has 1 fully saturated rings. The third kappa shape index (κ3) is 3.89. The molecule has 1 saturated carbocycles. The average Bonchev–Trinajstić information content (AvgIpc) is 2.76. The predicted octanol–water partition coefficient (Wildman–Crippen LogP) is 3.58. The first-order chi connectivity index (χ1) is 9.74. The second-order valence-corrected chi connectivity index (χ2v) is 5.71. The van der Waals surface area contributed by atoms with Crippen molar-refractivity contribution >= 4 is 0 Å². The van der Waals surface area contributed by atoms with Crippen molar-refractivity contribution in [2.45, 2.75) is 51.0 Å². The third-order valence-corrected chi connectivity index (χ3v) is 4.34. The summed E-state index contributed by atoms with van der Waals surface area (Å²) < 4.78 is 10.6. The summed E-state index contributed by atoms with van der Waals surface area (Å²) in [5.41, 5.74) is 1.11. The second kappa shape index (κ2) is 7.53. The Morgan fingerprint density at radius 1 is 1.05 bits per heavy atom. The van der Waals surface area contributed by atoms with E-state index in [9.17, 15) is 5.11 Å². The van der Waals surface area contributed by atoms with Gasteiger partial charge in [-0.3, -0.25) is 0 Å². The summed E-state index contributed by atoms with van der Waals surface area (Å²) in [5.74, 6) is 1.92. The van der Waals surface area contributed by atoms with Gasteiger partial charge in [0, 0.05) is 0 Å². The topological polar surface area (TPSA) is 38.7 Å². The van der Waals surface area contributed by atoms with E-state index < -0.39 is 0 Å². The van der Waals surface area contributed by atoms with Gasteiger partial charge in [0.2, 0.25) is 0 Å². The first-order valence-corrected chi connectivity index (χ1v) is 7.63. The lowest BCUT2D eigenvalue weighted by Gasteiger charge is -2.21. The van der Waals surface area contributed by atoms with Gasteiger partial charge in [0.1, 0.15) is 0 Å². The van der Waals surface area contributed by atoms with E-state index in [1.165, 1.54) is 25.7 Å². The van der Waals surface area contributed by atoms with Crippen molar-refractivity contribution in [1.82, 2.24) is 0 Å². The lowest BCUT2D eigenvalue weighted by Crippen LogP contribution is -2.22. The second-order valence-electron chi connectivity index (χ2n) is 5.71. The molecule has 1 aromatic carbocycles. The van der Waals surface area contributed by atoms with Gasteiger partial charge < -0.3 is 14.6 Å². The van der Waals surface area contributed by atoms with Gasteiger partial charge in [-0.1, -0.05) is 31.7 Å². The number of hydrogen-bond donors (Lipinski definition) is 1. The van der Waals surface area contributed by atoms with Crippen molar-refractivity contribution in [3.05, 3.63) is 23.8 Å². The van der Waals surface area contributed by atoms with E-state index in [0.29, 0.717) is 12.3 Å². The Morgan fingerprint density at radius 2 is 1.70 bits per heavy atom. The normalized spacial score (nSPS) is 18.4. The van der Waals surface area contributed by atoms with Crippen molar-refractivity contribution in [3.8, 4) is 11.5 Å². The van der Waals surface area contributed by atoms with Gasteiger partial charge in [0.05, 0.1) is 20.3 Å². The number of rotatable bonds is 5. The molecule has 1 N–H and O–H groups in total. The molecule has 1 aliphatic rings. The maximum Gasteiger partial charge on any atom is 0.160 e. The highest BCUT2D eigenvalue weighted by Crippen LogP contribution is 2.30. The van der Waals surface area contributed by atoms with Crippen LogP contribution in [0.4, 0.5) is 0 Å². The summed E-state index contributed by atoms with van der Waals surface area (Å²) in [6.45, 7) is 0. The molecule has 0 heterocycles. The smallest absolute Gasteiger partial charge is 0.160 e. The highest BCUT2D eigenvalue weighted by atomic mass is 16.5. The van der Waals surface area contributed by atoms with Crippen molar-refractivity contribution in [2.75, 3.05) is 14.2 Å². The highest BCUT2D eigenvalue weighted by Gasteiger charge is 2.21. The van der Waals surface area contributed by atoms with Gasteiger partial charge in [-0.15, -0.1) is 0 Å². The van der Waals surface area contributed by atoms with Crippen molar-refractivity contribution in [2.24, 2.45) is 5.92 Å². The van der Waals surface area contributed by atoms with E-state index >= 15 is 0 Å². The van der Waals surface area contributed by atoms with Gasteiger partial charge in [0.25, 0.3) is 0 Å². The summed E-state index contributed by atoms with van der Waals surface area (Å²) in [7, 11) is 3.28. The highest BCUT2D eigenvalue weighted by molar-refractivity contribution is 5.43. The Labute approximate surface area is 121 Å². The molecule has 0 spiro atoms. The number of aliphatic hydroxyl groups is 1. The largest absolute Gasteiger partial charge is 0.493 e. The number of ether oxygens (including phenoxy) is 2. The summed E-state index contributed by atoms with van der Waals surface area (Å²) in [4.78, 5) is 0. The van der Waals surface area contributed by atoms with E-state index in [1.807, 2.05) is 18.2 Å². The predicted molar refractivity (Wildman–Crippen MR) is 80.4 cm³/mol. The molecule has 112 valence electrons. The molecule has 2 rings (SSSR count). The molecule has 20 heavy (non-hydrogen) atoms. The van der Waals surface area contributed by atoms with Crippen molar-refractivity contribution < 1.29 is 14.6 Å². The van der Waals surface area contributed by atoms with Crippen LogP contribution in [-0.4, -0.2) is 25.4 Å². The first-order valence-electron chi connectivity index (χ1n) is 7.63. The molecular formula is C17H26O3. The lowest BCUT2D eigenvalue weighted by atomic mass is 9.90. The van der Waals surface area contributed by atoms with Crippen molar-refractivity contribution in [3.63, 3.8) is 0 Å². The molecule has 0 amide bonds. The quantitative estimate of drug-likeness (QED) is 0.837. The van der Waals surface area contributed by atoms with Gasteiger partial charge in [0.15, 0.2) is 11.5 Å². The molecule has 1 aromatic rings. The van der Waals surface area contributed by atoms with Gasteiger partial charge in [-0.05, 0) is 42.9 Å². The van der Waals surface area contributed by atoms with Gasteiger partial charge in [-0.2, -0.15) is 0 Å². The fourth-order valence-corrected chi connectivity index (χ4v) is 3.11. The molecule has 3 heteroatoms. The Balaban J connectivity index is 2.01. The lowest BCUT2D eigenvalue weighted by molar-refractivity contribution is 0.0985. The van der Waals surface area contributed by atoms with Crippen LogP contribution in [0.25, 0.3) is 0 Å². The van der Waals surface area contributed by atoms with Gasteiger partial charge >= 0.3 is 0 Å². The van der Waals surface area contributed by atoms with Crippen LogP contribution in [0.5, 0.6) is 11.5 Å². The first kappa shape index (κ1) is 15.2. The SMILES string of the molecule is COc1ccc(CC(O)C2CCCCCC2)cc1OC. The maximum atomic E-state index is 10.5. The number of benzene rings is 1. The van der Waals surface area contributed by atoms with Crippen LogP contribution in [0.15, 0.2) is 18.2 Å². The molecule has 1 unspecified atom stereocenters. The maximum absolute atomic E-state index is 10.5. The summed E-state index contributed by atoms with van der Waals surface area (Å²) >= 11 is 0. The Hall–Kier alpha value is -1.22. The van der Waals surface area contributed by atoms with E-state index in [1.54, 1.807) is 14.2 Å². The van der Waals surface area contributed by atoms with Crippen LogP contribution in [-0.2, 0) is 6.42 Å². The molecular weight excluding hydrogens is 252 g/mol. The third-order valence-electron chi connectivity index (χ3n) is 4.34. The minimum absolute atomic E-state index is 0.244. The van der Waals surface area contributed by atoms with Crippen molar-refractivity contribution in [1.29, 1.82) is 0 Å². The van der Waals surface area contributed by atoms with E-state index in [0.717, 1.165) is 29.9 Å². The minimum atomic E-state index is -0.244. The van der Waals surface area contributed by atoms with Crippen LogP contribution in [0.1, 0.15) is 44.1 Å². The Bertz CT molecular complexity index is 409. The Kier molecular flexibility index (Phi) is 5.72. The fraction of sp³-hybridized carbons (Fsp3) is 0.647. The van der Waals surface area contributed by atoms with Crippen LogP contribution < -0.4 is 9.47 Å². The molecule has 0 radical (unpaired) electrons. The molecule has 0 bridgehead atoms. The standard InChI is InChI=1S/C17H26O3/c1-19-16-10-9-13(12-17(16)20-2)11-15(18)14-7-5-3-4-6-8-14/h9-10,12,14-15,18H,3-8,11H2,1-2H3. The monoisotopic (exact) mass is 278 g/mol. The van der Waals surface area contributed by atoms with E-state index in [4.69, 9.17) is 9.47 Å². The summed E-state index contributed by atoms with van der Waals surface area (Å²) in [5, 5.41) is 10.5. The molecule has 0 aromatic heterocycles. The van der Waals surface area contributed by atoms with E-state index in [-0.39, 0.29) is 6.10 Å². The minimum Gasteiger partial charge on any atom is -0.493 e. The van der Waals surface area contributed by atoms with Crippen LogP contribution in [0.2, 0.25) is 0 Å². The zero-order valence-corrected chi connectivity index (χ0v) is 12.6.